The van der Waals surface area contributed by atoms with Gasteiger partial charge in [-0.15, -0.1) is 0 Å². The normalized spacial score (nSPS) is 22.2. The number of carbonyl (C=O) groups excluding carboxylic acids is 1. The van der Waals surface area contributed by atoms with E-state index in [2.05, 4.69) is 45.4 Å². The number of nitrogens with zero attached hydrogens (tertiary/aromatic N) is 4. The summed E-state index contributed by atoms with van der Waals surface area (Å²) >= 11 is 0. The molecule has 0 radical (unpaired) electrons. The van der Waals surface area contributed by atoms with Crippen LogP contribution in [0.2, 0.25) is 0 Å². The maximum absolute atomic E-state index is 13.4. The number of carbonyl (C=O) groups is 1. The summed E-state index contributed by atoms with van der Waals surface area (Å²) in [5, 5.41) is 3.99. The zero-order valence-corrected chi connectivity index (χ0v) is 19.3. The van der Waals surface area contributed by atoms with Crippen LogP contribution >= 0.6 is 0 Å². The summed E-state index contributed by atoms with van der Waals surface area (Å²) in [5.74, 6) is 1.13. The zero-order chi connectivity index (χ0) is 22.6. The minimum absolute atomic E-state index is 0.113. The van der Waals surface area contributed by atoms with Gasteiger partial charge in [-0.2, -0.15) is 0 Å². The SMILES string of the molecule is Cc1cc(C(=O)N(c2cccnc2)C2CCN([C@@H]3CCCC[C@@H]3c3ccccc3)CC2)no1. The second-order valence-electron chi connectivity index (χ2n) is 9.35. The van der Waals surface area contributed by atoms with E-state index in [1.165, 1.54) is 31.2 Å². The van der Waals surface area contributed by atoms with Crippen LogP contribution < -0.4 is 4.90 Å². The molecule has 2 aromatic heterocycles. The van der Waals surface area contributed by atoms with Crippen LogP contribution in [0.5, 0.6) is 0 Å². The van der Waals surface area contributed by atoms with Crippen molar-refractivity contribution in [3.05, 3.63) is 77.9 Å². The van der Waals surface area contributed by atoms with Crippen molar-refractivity contribution in [2.24, 2.45) is 0 Å². The Kier molecular flexibility index (Phi) is 6.53. The molecule has 6 heteroatoms. The van der Waals surface area contributed by atoms with Crippen LogP contribution in [0.15, 0.2) is 65.4 Å². The number of aromatic nitrogens is 2. The predicted octanol–water partition coefficient (Wildman–Crippen LogP) is 5.22. The lowest BCUT2D eigenvalue weighted by atomic mass is 9.78. The predicted molar refractivity (Wildman–Crippen MR) is 128 cm³/mol. The van der Waals surface area contributed by atoms with Crippen molar-refractivity contribution in [3.8, 4) is 0 Å². The number of rotatable bonds is 5. The Hall–Kier alpha value is -2.99. The second kappa shape index (κ2) is 9.87. The molecule has 1 aromatic carbocycles. The average molecular weight is 445 g/mol. The number of hydrogen-bond donors (Lipinski definition) is 0. The van der Waals surface area contributed by atoms with Gasteiger partial charge in [0.2, 0.25) is 0 Å². The molecule has 33 heavy (non-hydrogen) atoms. The molecule has 1 aliphatic carbocycles. The largest absolute Gasteiger partial charge is 0.361 e. The van der Waals surface area contributed by atoms with E-state index in [-0.39, 0.29) is 11.9 Å². The van der Waals surface area contributed by atoms with E-state index in [0.29, 0.717) is 23.4 Å². The highest BCUT2D eigenvalue weighted by atomic mass is 16.5. The fourth-order valence-corrected chi connectivity index (χ4v) is 5.69. The molecule has 0 bridgehead atoms. The van der Waals surface area contributed by atoms with Crippen molar-refractivity contribution in [2.75, 3.05) is 18.0 Å². The fourth-order valence-electron chi connectivity index (χ4n) is 5.69. The molecule has 6 nitrogen and oxygen atoms in total. The molecular weight excluding hydrogens is 412 g/mol. The molecule has 1 amide bonds. The minimum atomic E-state index is -0.113. The van der Waals surface area contributed by atoms with Crippen molar-refractivity contribution in [3.63, 3.8) is 0 Å². The summed E-state index contributed by atoms with van der Waals surface area (Å²) in [7, 11) is 0. The van der Waals surface area contributed by atoms with Crippen molar-refractivity contribution in [1.82, 2.24) is 15.0 Å². The van der Waals surface area contributed by atoms with E-state index in [1.54, 1.807) is 18.5 Å². The van der Waals surface area contributed by atoms with Crippen LogP contribution in [0.1, 0.15) is 66.3 Å². The molecule has 3 aromatic rings. The number of amides is 1. The minimum Gasteiger partial charge on any atom is -0.361 e. The maximum atomic E-state index is 13.4. The first-order chi connectivity index (χ1) is 16.2. The molecule has 3 heterocycles. The van der Waals surface area contributed by atoms with Gasteiger partial charge in [-0.05, 0) is 56.2 Å². The molecule has 5 rings (SSSR count). The molecule has 1 aliphatic heterocycles. The van der Waals surface area contributed by atoms with E-state index >= 15 is 0 Å². The Labute approximate surface area is 195 Å². The Morgan fingerprint density at radius 2 is 1.82 bits per heavy atom. The van der Waals surface area contributed by atoms with Gasteiger partial charge >= 0.3 is 0 Å². The Balaban J connectivity index is 1.33. The fraction of sp³-hybridized carbons (Fsp3) is 0.444. The van der Waals surface area contributed by atoms with Gasteiger partial charge in [0.1, 0.15) is 5.76 Å². The van der Waals surface area contributed by atoms with Gasteiger partial charge in [-0.1, -0.05) is 48.3 Å². The van der Waals surface area contributed by atoms with E-state index in [0.717, 1.165) is 31.6 Å². The lowest BCUT2D eigenvalue weighted by molar-refractivity contribution is 0.0888. The van der Waals surface area contributed by atoms with Crippen LogP contribution in [-0.4, -0.2) is 46.1 Å². The highest BCUT2D eigenvalue weighted by Crippen LogP contribution is 2.38. The Morgan fingerprint density at radius 3 is 2.52 bits per heavy atom. The smallest absolute Gasteiger partial charge is 0.280 e. The van der Waals surface area contributed by atoms with Crippen LogP contribution in [0.3, 0.4) is 0 Å². The number of benzene rings is 1. The summed E-state index contributed by atoms with van der Waals surface area (Å²) < 4.78 is 5.19. The lowest BCUT2D eigenvalue weighted by Gasteiger charge is -2.45. The molecule has 0 spiro atoms. The lowest BCUT2D eigenvalue weighted by Crippen LogP contribution is -2.51. The third kappa shape index (κ3) is 4.71. The van der Waals surface area contributed by atoms with E-state index in [4.69, 9.17) is 4.52 Å². The third-order valence-corrected chi connectivity index (χ3v) is 7.28. The Bertz CT molecular complexity index is 1040. The van der Waals surface area contributed by atoms with Gasteiger partial charge in [0.05, 0.1) is 11.9 Å². The quantitative estimate of drug-likeness (QED) is 0.540. The third-order valence-electron chi connectivity index (χ3n) is 7.28. The van der Waals surface area contributed by atoms with E-state index in [9.17, 15) is 4.79 Å². The molecule has 172 valence electrons. The molecule has 2 aliphatic rings. The average Bonchev–Trinajstić information content (AvgIpc) is 3.32. The number of piperidine rings is 1. The van der Waals surface area contributed by atoms with E-state index < -0.39 is 0 Å². The highest BCUT2D eigenvalue weighted by molar-refractivity contribution is 6.05. The second-order valence-corrected chi connectivity index (χ2v) is 9.35. The number of aryl methyl sites for hydroxylation is 1. The number of anilines is 1. The van der Waals surface area contributed by atoms with Crippen LogP contribution in [0, 0.1) is 6.92 Å². The molecular formula is C27H32N4O2. The first-order valence-corrected chi connectivity index (χ1v) is 12.2. The van der Waals surface area contributed by atoms with Gasteiger partial charge in [0.25, 0.3) is 5.91 Å². The number of pyridine rings is 1. The molecule has 2 fully saturated rings. The Morgan fingerprint density at radius 1 is 1.03 bits per heavy atom. The van der Waals surface area contributed by atoms with Gasteiger partial charge in [0.15, 0.2) is 5.69 Å². The molecule has 0 unspecified atom stereocenters. The summed E-state index contributed by atoms with van der Waals surface area (Å²) in [6.07, 6.45) is 10.5. The monoisotopic (exact) mass is 444 g/mol. The summed E-state index contributed by atoms with van der Waals surface area (Å²) in [6.45, 7) is 3.81. The highest BCUT2D eigenvalue weighted by Gasteiger charge is 2.36. The van der Waals surface area contributed by atoms with Crippen molar-refractivity contribution in [2.45, 2.75) is 63.5 Å². The first-order valence-electron chi connectivity index (χ1n) is 12.2. The van der Waals surface area contributed by atoms with E-state index in [1.807, 2.05) is 24.0 Å². The molecule has 2 atom stereocenters. The topological polar surface area (TPSA) is 62.5 Å². The number of likely N-dealkylation sites (tertiary alicyclic amines) is 1. The van der Waals surface area contributed by atoms with Crippen molar-refractivity contribution in [1.29, 1.82) is 0 Å². The zero-order valence-electron chi connectivity index (χ0n) is 19.3. The van der Waals surface area contributed by atoms with Crippen LogP contribution in [0.4, 0.5) is 5.69 Å². The van der Waals surface area contributed by atoms with Crippen molar-refractivity contribution >= 4 is 11.6 Å². The first kappa shape index (κ1) is 21.8. The molecule has 0 N–H and O–H groups in total. The summed E-state index contributed by atoms with van der Waals surface area (Å²) in [5.41, 5.74) is 2.65. The molecule has 1 saturated heterocycles. The molecule has 1 saturated carbocycles. The van der Waals surface area contributed by atoms with Crippen LogP contribution in [-0.2, 0) is 0 Å². The maximum Gasteiger partial charge on any atom is 0.280 e. The van der Waals surface area contributed by atoms with Gasteiger partial charge in [-0.3, -0.25) is 14.7 Å². The number of hydrogen-bond acceptors (Lipinski definition) is 5. The van der Waals surface area contributed by atoms with Gasteiger partial charge in [0, 0.05) is 37.4 Å². The standard InChI is InChI=1S/C27H32N4O2/c1-20-18-25(29-33-20)27(32)31(23-10-7-15-28-19-23)22-13-16-30(17-14-22)26-12-6-5-11-24(26)21-8-3-2-4-9-21/h2-4,7-10,15,18-19,22,24,26H,5-6,11-14,16-17H2,1H3/t24-,26-/m1/s1. The van der Waals surface area contributed by atoms with Gasteiger partial charge < -0.3 is 9.42 Å². The van der Waals surface area contributed by atoms with Gasteiger partial charge in [-0.25, -0.2) is 0 Å². The summed E-state index contributed by atoms with van der Waals surface area (Å²) in [6, 6.07) is 17.3. The van der Waals surface area contributed by atoms with Crippen molar-refractivity contribution < 1.29 is 9.32 Å². The summed E-state index contributed by atoms with van der Waals surface area (Å²) in [4.78, 5) is 22.3. The van der Waals surface area contributed by atoms with Crippen LogP contribution in [0.25, 0.3) is 0 Å².